The Kier molecular flexibility index (Phi) is 4.27. The van der Waals surface area contributed by atoms with Gasteiger partial charge >= 0.3 is 0 Å². The van der Waals surface area contributed by atoms with Crippen molar-refractivity contribution in [1.29, 1.82) is 0 Å². The fourth-order valence-electron chi connectivity index (χ4n) is 1.77. The lowest BCUT2D eigenvalue weighted by molar-refractivity contribution is 0.0943. The first-order valence-corrected chi connectivity index (χ1v) is 6.62. The van der Waals surface area contributed by atoms with Crippen molar-refractivity contribution in [3.05, 3.63) is 52.3 Å². The number of nitrogens with one attached hydrogen (secondary N) is 1. The van der Waals surface area contributed by atoms with Crippen LogP contribution in [-0.2, 0) is 13.6 Å². The van der Waals surface area contributed by atoms with E-state index < -0.39 is 0 Å². The van der Waals surface area contributed by atoms with Gasteiger partial charge in [-0.05, 0) is 39.7 Å². The highest BCUT2D eigenvalue weighted by atomic mass is 79.9. The Morgan fingerprint density at radius 2 is 2.05 bits per heavy atom. The molecule has 0 bridgehead atoms. The van der Waals surface area contributed by atoms with E-state index in [0.29, 0.717) is 12.2 Å². The van der Waals surface area contributed by atoms with Gasteiger partial charge in [-0.1, -0.05) is 12.1 Å². The predicted octanol–water partition coefficient (Wildman–Crippen LogP) is 2.73. The average Bonchev–Trinajstić information content (AvgIpc) is 2.75. The van der Waals surface area contributed by atoms with Gasteiger partial charge in [0.2, 0.25) is 0 Å². The summed E-state index contributed by atoms with van der Waals surface area (Å²) in [4.78, 5) is 12.0. The molecule has 1 aromatic heterocycles. The van der Waals surface area contributed by atoms with E-state index in [1.165, 1.54) is 0 Å². The van der Waals surface area contributed by atoms with Gasteiger partial charge in [0.25, 0.3) is 5.91 Å². The molecule has 0 unspecified atom stereocenters. The summed E-state index contributed by atoms with van der Waals surface area (Å²) in [7, 11) is 3.47. The van der Waals surface area contributed by atoms with E-state index in [1.54, 1.807) is 17.7 Å². The molecule has 0 saturated heterocycles. The molecule has 100 valence electrons. The Morgan fingerprint density at radius 1 is 1.37 bits per heavy atom. The van der Waals surface area contributed by atoms with Crippen molar-refractivity contribution >= 4 is 21.8 Å². The zero-order valence-electron chi connectivity index (χ0n) is 10.8. The molecule has 0 aliphatic rings. The first-order chi connectivity index (χ1) is 9.10. The first kappa shape index (κ1) is 13.7. The molecule has 0 radical (unpaired) electrons. The molecular weight excluding hydrogens is 308 g/mol. The van der Waals surface area contributed by atoms with Crippen molar-refractivity contribution in [2.45, 2.75) is 6.54 Å². The van der Waals surface area contributed by atoms with E-state index in [1.807, 2.05) is 37.5 Å². The minimum atomic E-state index is -0.0935. The lowest BCUT2D eigenvalue weighted by Crippen LogP contribution is -2.24. The number of nitrogens with zero attached hydrogens (tertiary/aromatic N) is 1. The fraction of sp³-hybridized carbons (Fsp3) is 0.214. The Morgan fingerprint density at radius 3 is 2.58 bits per heavy atom. The maximum atomic E-state index is 12.0. The van der Waals surface area contributed by atoms with Crippen LogP contribution in [0.25, 0.3) is 0 Å². The van der Waals surface area contributed by atoms with Crippen LogP contribution in [-0.4, -0.2) is 17.6 Å². The number of carbonyl (C=O) groups excluding carboxylic acids is 1. The van der Waals surface area contributed by atoms with Gasteiger partial charge < -0.3 is 14.6 Å². The summed E-state index contributed by atoms with van der Waals surface area (Å²) in [5, 5.41) is 2.89. The van der Waals surface area contributed by atoms with E-state index in [2.05, 4.69) is 21.2 Å². The van der Waals surface area contributed by atoms with Crippen LogP contribution in [0.1, 0.15) is 16.1 Å². The van der Waals surface area contributed by atoms with Crippen LogP contribution in [0.15, 0.2) is 41.0 Å². The summed E-state index contributed by atoms with van der Waals surface area (Å²) in [5.41, 5.74) is 1.66. The van der Waals surface area contributed by atoms with Crippen molar-refractivity contribution in [3.63, 3.8) is 0 Å². The Balaban J connectivity index is 1.98. The summed E-state index contributed by atoms with van der Waals surface area (Å²) in [6, 6.07) is 9.41. The standard InChI is InChI=1S/C14H15BrN2O2/c1-17-9-11(15)7-13(17)14(18)16-8-10-3-5-12(19-2)6-4-10/h3-7,9H,8H2,1-2H3,(H,16,18). The highest BCUT2D eigenvalue weighted by Crippen LogP contribution is 2.14. The Labute approximate surface area is 120 Å². The molecule has 1 aromatic carbocycles. The molecule has 2 rings (SSSR count). The molecular formula is C14H15BrN2O2. The summed E-state index contributed by atoms with van der Waals surface area (Å²) >= 11 is 3.35. The number of hydrogen-bond donors (Lipinski definition) is 1. The second-order valence-electron chi connectivity index (χ2n) is 4.19. The van der Waals surface area contributed by atoms with Gasteiger partial charge in [-0.3, -0.25) is 4.79 Å². The van der Waals surface area contributed by atoms with Gasteiger partial charge in [-0.2, -0.15) is 0 Å². The van der Waals surface area contributed by atoms with Gasteiger partial charge in [-0.25, -0.2) is 0 Å². The van der Waals surface area contributed by atoms with Crippen LogP contribution in [0, 0.1) is 0 Å². The van der Waals surface area contributed by atoms with E-state index in [4.69, 9.17) is 4.74 Å². The fourth-order valence-corrected chi connectivity index (χ4v) is 2.29. The zero-order valence-corrected chi connectivity index (χ0v) is 12.4. The second-order valence-corrected chi connectivity index (χ2v) is 5.10. The lowest BCUT2D eigenvalue weighted by atomic mass is 10.2. The molecule has 1 N–H and O–H groups in total. The number of aromatic nitrogens is 1. The molecule has 0 atom stereocenters. The predicted molar refractivity (Wildman–Crippen MR) is 77.3 cm³/mol. The van der Waals surface area contributed by atoms with Crippen molar-refractivity contribution in [2.75, 3.05) is 7.11 Å². The number of hydrogen-bond acceptors (Lipinski definition) is 2. The van der Waals surface area contributed by atoms with E-state index >= 15 is 0 Å². The van der Waals surface area contributed by atoms with E-state index in [0.717, 1.165) is 15.8 Å². The number of amides is 1. The number of aryl methyl sites for hydroxylation is 1. The number of carbonyl (C=O) groups is 1. The smallest absolute Gasteiger partial charge is 0.268 e. The van der Waals surface area contributed by atoms with Crippen LogP contribution in [0.4, 0.5) is 0 Å². The molecule has 0 aliphatic heterocycles. The van der Waals surface area contributed by atoms with Gasteiger partial charge in [-0.15, -0.1) is 0 Å². The van der Waals surface area contributed by atoms with Gasteiger partial charge in [0.1, 0.15) is 11.4 Å². The van der Waals surface area contributed by atoms with Crippen LogP contribution in [0.2, 0.25) is 0 Å². The summed E-state index contributed by atoms with van der Waals surface area (Å²) < 4.78 is 7.76. The van der Waals surface area contributed by atoms with Crippen LogP contribution < -0.4 is 10.1 Å². The van der Waals surface area contributed by atoms with Crippen molar-refractivity contribution in [3.8, 4) is 5.75 Å². The van der Waals surface area contributed by atoms with Crippen molar-refractivity contribution < 1.29 is 9.53 Å². The van der Waals surface area contributed by atoms with E-state index in [9.17, 15) is 4.79 Å². The minimum absolute atomic E-state index is 0.0935. The van der Waals surface area contributed by atoms with Gasteiger partial charge in [0.15, 0.2) is 0 Å². The molecule has 1 amide bonds. The number of halogens is 1. The monoisotopic (exact) mass is 322 g/mol. The van der Waals surface area contributed by atoms with Gasteiger partial charge in [0.05, 0.1) is 7.11 Å². The topological polar surface area (TPSA) is 43.3 Å². The van der Waals surface area contributed by atoms with Crippen molar-refractivity contribution in [1.82, 2.24) is 9.88 Å². The Hall–Kier alpha value is -1.75. The number of methoxy groups -OCH3 is 1. The normalized spacial score (nSPS) is 10.3. The number of benzene rings is 1. The summed E-state index contributed by atoms with van der Waals surface area (Å²) in [5.74, 6) is 0.713. The minimum Gasteiger partial charge on any atom is -0.497 e. The van der Waals surface area contributed by atoms with Crippen LogP contribution in [0.3, 0.4) is 0 Å². The maximum Gasteiger partial charge on any atom is 0.268 e. The third-order valence-corrected chi connectivity index (χ3v) is 3.25. The molecule has 5 heteroatoms. The molecule has 19 heavy (non-hydrogen) atoms. The Bertz CT molecular complexity index is 576. The summed E-state index contributed by atoms with van der Waals surface area (Å²) in [6.07, 6.45) is 1.85. The van der Waals surface area contributed by atoms with Crippen molar-refractivity contribution in [2.24, 2.45) is 7.05 Å². The number of ether oxygens (including phenoxy) is 1. The second kappa shape index (κ2) is 5.93. The molecule has 1 heterocycles. The van der Waals surface area contributed by atoms with Gasteiger partial charge in [0, 0.05) is 24.3 Å². The lowest BCUT2D eigenvalue weighted by Gasteiger charge is -2.07. The summed E-state index contributed by atoms with van der Waals surface area (Å²) in [6.45, 7) is 0.492. The largest absolute Gasteiger partial charge is 0.497 e. The third-order valence-electron chi connectivity index (χ3n) is 2.82. The molecule has 0 fully saturated rings. The third kappa shape index (κ3) is 3.38. The zero-order chi connectivity index (χ0) is 13.8. The SMILES string of the molecule is COc1ccc(CNC(=O)c2cc(Br)cn2C)cc1. The highest BCUT2D eigenvalue weighted by molar-refractivity contribution is 9.10. The average molecular weight is 323 g/mol. The molecule has 2 aromatic rings. The first-order valence-electron chi connectivity index (χ1n) is 5.83. The van der Waals surface area contributed by atoms with E-state index in [-0.39, 0.29) is 5.91 Å². The highest BCUT2D eigenvalue weighted by Gasteiger charge is 2.10. The maximum absolute atomic E-state index is 12.0. The quantitative estimate of drug-likeness (QED) is 0.940. The number of rotatable bonds is 4. The molecule has 0 saturated carbocycles. The van der Waals surface area contributed by atoms with Crippen LogP contribution in [0.5, 0.6) is 5.75 Å². The molecule has 0 aliphatic carbocycles. The molecule has 4 nitrogen and oxygen atoms in total. The molecule has 0 spiro atoms. The van der Waals surface area contributed by atoms with Crippen LogP contribution >= 0.6 is 15.9 Å².